The molecule has 1 saturated heterocycles. The van der Waals surface area contributed by atoms with Crippen LogP contribution in [0.4, 0.5) is 0 Å². The van der Waals surface area contributed by atoms with E-state index in [2.05, 4.69) is 0 Å². The smallest absolute Gasteiger partial charge is 0.186 e. The van der Waals surface area contributed by atoms with Gasteiger partial charge in [-0.3, -0.25) is 0 Å². The largest absolute Gasteiger partial charge is 0.388 e. The maximum atomic E-state index is 9.74. The zero-order valence-electron chi connectivity index (χ0n) is 10.1. The summed E-state index contributed by atoms with van der Waals surface area (Å²) in [6.45, 7) is 1.78. The van der Waals surface area contributed by atoms with Gasteiger partial charge in [0.25, 0.3) is 0 Å². The van der Waals surface area contributed by atoms with Gasteiger partial charge in [0.2, 0.25) is 0 Å². The van der Waals surface area contributed by atoms with Gasteiger partial charge in [0.15, 0.2) is 6.29 Å². The third kappa shape index (κ3) is 2.88. The van der Waals surface area contributed by atoms with Crippen molar-refractivity contribution < 1.29 is 24.8 Å². The molecule has 0 aliphatic carbocycles. The van der Waals surface area contributed by atoms with Gasteiger partial charge in [-0.25, -0.2) is 0 Å². The van der Waals surface area contributed by atoms with Gasteiger partial charge in [0, 0.05) is 0 Å². The van der Waals surface area contributed by atoms with Gasteiger partial charge in [-0.2, -0.15) is 0 Å². The Hall–Kier alpha value is -0.980. The highest BCUT2D eigenvalue weighted by atomic mass is 16.7. The van der Waals surface area contributed by atoms with Gasteiger partial charge in [0.05, 0.1) is 12.7 Å². The average Bonchev–Trinajstić information content (AvgIpc) is 2.40. The van der Waals surface area contributed by atoms with E-state index >= 15 is 0 Å². The molecule has 1 aromatic rings. The van der Waals surface area contributed by atoms with Crippen molar-refractivity contribution in [2.24, 2.45) is 0 Å². The number of rotatable bonds is 3. The van der Waals surface area contributed by atoms with Crippen LogP contribution in [0.1, 0.15) is 18.6 Å². The number of hydrogen-bond acceptors (Lipinski definition) is 5. The maximum absolute atomic E-state index is 9.74. The van der Waals surface area contributed by atoms with Crippen LogP contribution in [0.2, 0.25) is 0 Å². The normalized spacial score (nSPS) is 34.2. The first kappa shape index (κ1) is 13.5. The molecule has 3 N–H and O–H groups in total. The number of aliphatic hydroxyl groups is 3. The molecule has 0 bridgehead atoms. The zero-order chi connectivity index (χ0) is 13.1. The Labute approximate surface area is 106 Å². The first-order valence-corrected chi connectivity index (χ1v) is 5.96. The van der Waals surface area contributed by atoms with E-state index in [0.717, 1.165) is 5.56 Å². The van der Waals surface area contributed by atoms with Crippen molar-refractivity contribution in [3.8, 4) is 0 Å². The molecule has 1 aliphatic rings. The molecule has 5 atom stereocenters. The highest BCUT2D eigenvalue weighted by molar-refractivity contribution is 5.16. The van der Waals surface area contributed by atoms with Crippen molar-refractivity contribution in [3.63, 3.8) is 0 Å². The number of hydrogen-bond donors (Lipinski definition) is 3. The Morgan fingerprint density at radius 3 is 2.50 bits per heavy atom. The summed E-state index contributed by atoms with van der Waals surface area (Å²) in [5, 5.41) is 28.6. The molecule has 0 spiro atoms. The Morgan fingerprint density at radius 2 is 1.83 bits per heavy atom. The molecule has 1 aliphatic heterocycles. The molecule has 1 aromatic carbocycles. The minimum Gasteiger partial charge on any atom is -0.388 e. The van der Waals surface area contributed by atoms with Crippen LogP contribution in [0.3, 0.4) is 0 Å². The summed E-state index contributed by atoms with van der Waals surface area (Å²) in [6.07, 6.45) is -4.77. The SMILES string of the molecule is CC(O[C@H]1OC[C@H](O)[C@H](O)[C@H]1O)c1ccccc1. The van der Waals surface area contributed by atoms with Gasteiger partial charge in [0.1, 0.15) is 18.3 Å². The molecule has 1 unspecified atom stereocenters. The van der Waals surface area contributed by atoms with Crippen LogP contribution >= 0.6 is 0 Å². The zero-order valence-corrected chi connectivity index (χ0v) is 10.1. The van der Waals surface area contributed by atoms with Crippen LogP contribution in [0, 0.1) is 0 Å². The van der Waals surface area contributed by atoms with E-state index in [4.69, 9.17) is 9.47 Å². The predicted octanol–water partition coefficient (Wildman–Crippen LogP) is 0.203. The topological polar surface area (TPSA) is 79.2 Å². The van der Waals surface area contributed by atoms with Gasteiger partial charge < -0.3 is 24.8 Å². The third-order valence-corrected chi connectivity index (χ3v) is 3.06. The van der Waals surface area contributed by atoms with Crippen molar-refractivity contribution in [3.05, 3.63) is 35.9 Å². The molecule has 1 fully saturated rings. The average molecular weight is 254 g/mol. The summed E-state index contributed by atoms with van der Waals surface area (Å²) in [4.78, 5) is 0. The lowest BCUT2D eigenvalue weighted by molar-refractivity contribution is -0.281. The van der Waals surface area contributed by atoms with E-state index in [1.165, 1.54) is 0 Å². The van der Waals surface area contributed by atoms with Crippen molar-refractivity contribution in [1.82, 2.24) is 0 Å². The van der Waals surface area contributed by atoms with Crippen molar-refractivity contribution in [2.45, 2.75) is 37.6 Å². The van der Waals surface area contributed by atoms with E-state index in [0.29, 0.717) is 0 Å². The molecule has 0 amide bonds. The molecular weight excluding hydrogens is 236 g/mol. The highest BCUT2D eigenvalue weighted by Crippen LogP contribution is 2.24. The fraction of sp³-hybridized carbons (Fsp3) is 0.538. The summed E-state index contributed by atoms with van der Waals surface area (Å²) in [7, 11) is 0. The third-order valence-electron chi connectivity index (χ3n) is 3.06. The van der Waals surface area contributed by atoms with E-state index in [-0.39, 0.29) is 12.7 Å². The lowest BCUT2D eigenvalue weighted by Gasteiger charge is -2.36. The van der Waals surface area contributed by atoms with Crippen molar-refractivity contribution >= 4 is 0 Å². The summed E-state index contributed by atoms with van der Waals surface area (Å²) >= 11 is 0. The lowest BCUT2D eigenvalue weighted by atomic mass is 10.1. The van der Waals surface area contributed by atoms with E-state index in [1.54, 1.807) is 0 Å². The van der Waals surface area contributed by atoms with Crippen LogP contribution in [0.25, 0.3) is 0 Å². The van der Waals surface area contributed by atoms with Crippen LogP contribution in [-0.4, -0.2) is 46.5 Å². The molecule has 0 radical (unpaired) electrons. The van der Waals surface area contributed by atoms with Gasteiger partial charge >= 0.3 is 0 Å². The summed E-state index contributed by atoms with van der Waals surface area (Å²) in [5.41, 5.74) is 0.953. The number of aliphatic hydroxyl groups excluding tert-OH is 3. The second-order valence-corrected chi connectivity index (χ2v) is 4.44. The highest BCUT2D eigenvalue weighted by Gasteiger charge is 2.38. The quantitative estimate of drug-likeness (QED) is 0.718. The maximum Gasteiger partial charge on any atom is 0.186 e. The van der Waals surface area contributed by atoms with Crippen molar-refractivity contribution in [2.75, 3.05) is 6.61 Å². The van der Waals surface area contributed by atoms with Crippen molar-refractivity contribution in [1.29, 1.82) is 0 Å². The van der Waals surface area contributed by atoms with Gasteiger partial charge in [-0.05, 0) is 12.5 Å². The molecule has 0 saturated carbocycles. The van der Waals surface area contributed by atoms with Crippen LogP contribution in [-0.2, 0) is 9.47 Å². The summed E-state index contributed by atoms with van der Waals surface area (Å²) in [6, 6.07) is 9.51. The van der Waals surface area contributed by atoms with E-state index < -0.39 is 24.6 Å². The minimum absolute atomic E-state index is 0.0512. The summed E-state index contributed by atoms with van der Waals surface area (Å²) < 4.78 is 10.7. The molecule has 0 aromatic heterocycles. The van der Waals surface area contributed by atoms with Crippen LogP contribution in [0.5, 0.6) is 0 Å². The van der Waals surface area contributed by atoms with Crippen LogP contribution in [0.15, 0.2) is 30.3 Å². The molecule has 1 heterocycles. The second-order valence-electron chi connectivity index (χ2n) is 4.44. The number of ether oxygens (including phenoxy) is 2. The Kier molecular flexibility index (Phi) is 4.31. The molecule has 5 heteroatoms. The molecule has 18 heavy (non-hydrogen) atoms. The van der Waals surface area contributed by atoms with Crippen LogP contribution < -0.4 is 0 Å². The van der Waals surface area contributed by atoms with Gasteiger partial charge in [-0.1, -0.05) is 30.3 Å². The fourth-order valence-electron chi connectivity index (χ4n) is 1.90. The lowest BCUT2D eigenvalue weighted by Crippen LogP contribution is -2.53. The predicted molar refractivity (Wildman–Crippen MR) is 63.7 cm³/mol. The molecular formula is C13H18O5. The molecule has 100 valence electrons. The Bertz CT molecular complexity index is 369. The molecule has 2 rings (SSSR count). The van der Waals surface area contributed by atoms with E-state index in [1.807, 2.05) is 37.3 Å². The minimum atomic E-state index is -1.25. The Balaban J connectivity index is 1.97. The monoisotopic (exact) mass is 254 g/mol. The Morgan fingerprint density at radius 1 is 1.17 bits per heavy atom. The first-order valence-electron chi connectivity index (χ1n) is 5.96. The summed E-state index contributed by atoms with van der Waals surface area (Å²) in [5.74, 6) is 0. The van der Waals surface area contributed by atoms with E-state index in [9.17, 15) is 15.3 Å². The number of benzene rings is 1. The van der Waals surface area contributed by atoms with Gasteiger partial charge in [-0.15, -0.1) is 0 Å². The fourth-order valence-corrected chi connectivity index (χ4v) is 1.90. The standard InChI is InChI=1S/C13H18O5/c1-8(9-5-3-2-4-6-9)18-13-12(16)11(15)10(14)7-17-13/h2-6,8,10-16H,7H2,1H3/t8?,10-,11-,12+,13+/m0/s1. The first-order chi connectivity index (χ1) is 8.59. The second kappa shape index (κ2) is 5.77. The molecule has 5 nitrogen and oxygen atoms in total.